The second-order valence-corrected chi connectivity index (χ2v) is 1.48. The van der Waals surface area contributed by atoms with E-state index in [-0.39, 0.29) is 6.41 Å². The molecule has 0 spiro atoms. The van der Waals surface area contributed by atoms with E-state index in [1.54, 1.807) is 13.8 Å². The van der Waals surface area contributed by atoms with Gasteiger partial charge < -0.3 is 10.2 Å². The minimum Gasteiger partial charge on any atom is -0.426 e. The Morgan fingerprint density at radius 1 is 1.40 bits per heavy atom. The smallest absolute Gasteiger partial charge is 0.213 e. The summed E-state index contributed by atoms with van der Waals surface area (Å²) in [6, 6.07) is 0. The van der Waals surface area contributed by atoms with Gasteiger partial charge in [-0.25, -0.2) is 0 Å². The first kappa shape index (κ1) is 8.61. The summed E-state index contributed by atoms with van der Waals surface area (Å²) in [6.45, 7) is 3.53. The molecular formula is C5H9N3O2. The van der Waals surface area contributed by atoms with Gasteiger partial charge >= 0.3 is 0 Å². The molecule has 5 nitrogen and oxygen atoms in total. The minimum atomic E-state index is 0.250. The molecule has 2 N–H and O–H groups in total. The Bertz CT molecular complexity index is 180. The van der Waals surface area contributed by atoms with Crippen molar-refractivity contribution in [3.8, 4) is 0 Å². The third kappa shape index (κ3) is 3.59. The molecule has 0 aliphatic rings. The van der Waals surface area contributed by atoms with Crippen molar-refractivity contribution in [2.45, 2.75) is 13.8 Å². The molecule has 1 aromatic heterocycles. The fourth-order valence-electron chi connectivity index (χ4n) is 0.395. The summed E-state index contributed by atoms with van der Waals surface area (Å²) >= 11 is 0. The molecule has 0 saturated heterocycles. The van der Waals surface area contributed by atoms with Gasteiger partial charge in [-0.1, -0.05) is 0 Å². The lowest BCUT2D eigenvalue weighted by Gasteiger charge is -1.70. The number of amides is 1. The van der Waals surface area contributed by atoms with Crippen molar-refractivity contribution >= 4 is 6.41 Å². The van der Waals surface area contributed by atoms with Gasteiger partial charge in [-0.3, -0.25) is 4.79 Å². The van der Waals surface area contributed by atoms with Crippen molar-refractivity contribution in [1.29, 1.82) is 0 Å². The quantitative estimate of drug-likeness (QED) is 0.509. The molecule has 0 unspecified atom stereocenters. The maximum Gasteiger partial charge on any atom is 0.213 e. The highest BCUT2D eigenvalue weighted by Crippen LogP contribution is 1.92. The number of hydrogen-bond donors (Lipinski definition) is 1. The molecule has 1 heterocycles. The molecule has 5 heteroatoms. The highest BCUT2D eigenvalue weighted by atomic mass is 16.4. The molecule has 1 aromatic rings. The average molecular weight is 143 g/mol. The summed E-state index contributed by atoms with van der Waals surface area (Å²) in [5.41, 5.74) is 4.17. The number of primary amides is 1. The number of carbonyl (C=O) groups is 1. The Morgan fingerprint density at radius 3 is 1.80 bits per heavy atom. The van der Waals surface area contributed by atoms with E-state index in [0.717, 1.165) is 0 Å². The summed E-state index contributed by atoms with van der Waals surface area (Å²) in [6.07, 6.45) is 0.250. The van der Waals surface area contributed by atoms with Crippen molar-refractivity contribution in [3.63, 3.8) is 0 Å². The number of rotatable bonds is 0. The van der Waals surface area contributed by atoms with Gasteiger partial charge in [-0.05, 0) is 0 Å². The lowest BCUT2D eigenvalue weighted by molar-refractivity contribution is -0.106. The second kappa shape index (κ2) is 4.49. The Morgan fingerprint density at radius 2 is 1.70 bits per heavy atom. The molecule has 0 aliphatic carbocycles. The maximum absolute atomic E-state index is 8.58. The summed E-state index contributed by atoms with van der Waals surface area (Å²) in [7, 11) is 0. The Kier molecular flexibility index (Phi) is 3.86. The Balaban J connectivity index is 0.000000236. The highest BCUT2D eigenvalue weighted by Gasteiger charge is 1.89. The molecule has 1 amide bonds. The number of hydrogen-bond acceptors (Lipinski definition) is 4. The predicted octanol–water partition coefficient (Wildman–Crippen LogP) is -0.212. The van der Waals surface area contributed by atoms with Crippen LogP contribution in [0.2, 0.25) is 0 Å². The number of nitrogens with two attached hydrogens (primary N) is 1. The Labute approximate surface area is 58.2 Å². The molecule has 0 aliphatic heterocycles. The molecule has 10 heavy (non-hydrogen) atoms. The van der Waals surface area contributed by atoms with E-state index < -0.39 is 0 Å². The predicted molar refractivity (Wildman–Crippen MR) is 34.0 cm³/mol. The van der Waals surface area contributed by atoms with Crippen molar-refractivity contribution in [3.05, 3.63) is 11.8 Å². The van der Waals surface area contributed by atoms with Crippen molar-refractivity contribution in [2.24, 2.45) is 5.73 Å². The zero-order chi connectivity index (χ0) is 7.98. The maximum atomic E-state index is 8.58. The van der Waals surface area contributed by atoms with Crippen LogP contribution in [-0.4, -0.2) is 16.6 Å². The summed E-state index contributed by atoms with van der Waals surface area (Å²) in [5, 5.41) is 7.20. The van der Waals surface area contributed by atoms with Gasteiger partial charge in [0.1, 0.15) is 0 Å². The van der Waals surface area contributed by atoms with E-state index in [9.17, 15) is 0 Å². The first-order valence-corrected chi connectivity index (χ1v) is 2.62. The van der Waals surface area contributed by atoms with Crippen LogP contribution >= 0.6 is 0 Å². The lowest BCUT2D eigenvalue weighted by Crippen LogP contribution is -1.82. The molecule has 0 atom stereocenters. The van der Waals surface area contributed by atoms with E-state index in [2.05, 4.69) is 15.9 Å². The van der Waals surface area contributed by atoms with Crippen molar-refractivity contribution in [2.75, 3.05) is 0 Å². The third-order valence-corrected chi connectivity index (χ3v) is 0.627. The van der Waals surface area contributed by atoms with Gasteiger partial charge in [0.05, 0.1) is 0 Å². The van der Waals surface area contributed by atoms with E-state index in [1.165, 1.54) is 0 Å². The lowest BCUT2D eigenvalue weighted by atomic mass is 10.8. The fourth-order valence-corrected chi connectivity index (χ4v) is 0.395. The van der Waals surface area contributed by atoms with Gasteiger partial charge in [0.15, 0.2) is 0 Å². The molecule has 0 bridgehead atoms. The normalized spacial score (nSPS) is 7.80. The number of carbonyl (C=O) groups excluding carboxylic acids is 1. The molecule has 0 radical (unpaired) electrons. The van der Waals surface area contributed by atoms with Gasteiger partial charge in [0.25, 0.3) is 0 Å². The third-order valence-electron chi connectivity index (χ3n) is 0.627. The molecule has 1 rings (SSSR count). The number of nitrogens with zero attached hydrogens (tertiary/aromatic N) is 2. The topological polar surface area (TPSA) is 82.0 Å². The standard InChI is InChI=1S/C4H6N2O.CH3NO/c1-3-5-6-4(2)7-3;2-1-3/h1-2H3;1H,(H2,2,3). The van der Waals surface area contributed by atoms with Crippen LogP contribution in [-0.2, 0) is 4.79 Å². The number of aryl methyl sites for hydroxylation is 2. The van der Waals surface area contributed by atoms with Gasteiger partial charge in [-0.15, -0.1) is 10.2 Å². The average Bonchev–Trinajstić information content (AvgIpc) is 2.17. The van der Waals surface area contributed by atoms with Gasteiger partial charge in [0, 0.05) is 13.8 Å². The second-order valence-electron chi connectivity index (χ2n) is 1.48. The van der Waals surface area contributed by atoms with E-state index in [4.69, 9.17) is 9.21 Å². The molecule has 0 saturated carbocycles. The number of aromatic nitrogens is 2. The van der Waals surface area contributed by atoms with Crippen molar-refractivity contribution < 1.29 is 9.21 Å². The zero-order valence-electron chi connectivity index (χ0n) is 5.87. The van der Waals surface area contributed by atoms with Gasteiger partial charge in [-0.2, -0.15) is 0 Å². The minimum absolute atomic E-state index is 0.250. The highest BCUT2D eigenvalue weighted by molar-refractivity contribution is 5.42. The van der Waals surface area contributed by atoms with Crippen LogP contribution in [0.4, 0.5) is 0 Å². The summed E-state index contributed by atoms with van der Waals surface area (Å²) in [4.78, 5) is 8.58. The summed E-state index contributed by atoms with van der Waals surface area (Å²) in [5.74, 6) is 1.25. The van der Waals surface area contributed by atoms with E-state index >= 15 is 0 Å². The van der Waals surface area contributed by atoms with Crippen LogP contribution in [0.1, 0.15) is 11.8 Å². The summed E-state index contributed by atoms with van der Waals surface area (Å²) < 4.78 is 4.86. The molecule has 0 aromatic carbocycles. The first-order chi connectivity index (χ1) is 4.70. The van der Waals surface area contributed by atoms with Gasteiger partial charge in [0.2, 0.25) is 18.2 Å². The SMILES string of the molecule is Cc1nnc(C)o1.NC=O. The van der Waals surface area contributed by atoms with Crippen LogP contribution in [0.25, 0.3) is 0 Å². The van der Waals surface area contributed by atoms with Crippen LogP contribution < -0.4 is 5.73 Å². The van der Waals surface area contributed by atoms with Crippen LogP contribution in [0.15, 0.2) is 4.42 Å². The largest absolute Gasteiger partial charge is 0.426 e. The Hall–Kier alpha value is -1.39. The molecule has 56 valence electrons. The van der Waals surface area contributed by atoms with Crippen LogP contribution in [0.5, 0.6) is 0 Å². The van der Waals surface area contributed by atoms with E-state index in [1.807, 2.05) is 0 Å². The van der Waals surface area contributed by atoms with Crippen LogP contribution in [0.3, 0.4) is 0 Å². The molecule has 0 fully saturated rings. The van der Waals surface area contributed by atoms with E-state index in [0.29, 0.717) is 11.8 Å². The zero-order valence-corrected chi connectivity index (χ0v) is 5.87. The van der Waals surface area contributed by atoms with Crippen molar-refractivity contribution in [1.82, 2.24) is 10.2 Å². The van der Waals surface area contributed by atoms with Crippen LogP contribution in [0, 0.1) is 13.8 Å². The monoisotopic (exact) mass is 143 g/mol. The molecular weight excluding hydrogens is 134 g/mol. The fraction of sp³-hybridized carbons (Fsp3) is 0.400. The first-order valence-electron chi connectivity index (χ1n) is 2.62.